The lowest BCUT2D eigenvalue weighted by Crippen LogP contribution is -2.49. The third-order valence-corrected chi connectivity index (χ3v) is 15.8. The first-order valence-electron chi connectivity index (χ1n) is 23.5. The molecule has 0 saturated carbocycles. The number of benzene rings is 10. The smallest absolute Gasteiger partial charge is 0.126 e. The summed E-state index contributed by atoms with van der Waals surface area (Å²) >= 11 is 0. The van der Waals surface area contributed by atoms with Crippen molar-refractivity contribution >= 4 is 435 Å². The Labute approximate surface area is 493 Å². The van der Waals surface area contributed by atoms with Crippen molar-refractivity contribution in [2.45, 2.75) is 6.32 Å². The topological polar surface area (TPSA) is 13.1 Å². The largest absolute Gasteiger partial charge is 0.458 e. The lowest BCUT2D eigenvalue weighted by atomic mass is 9.55. The Hall–Kier alpha value is -5.13. The predicted molar refractivity (Wildman–Crippen MR) is 366 cm³/mol. The second-order valence-corrected chi connectivity index (χ2v) is 19.5. The van der Waals surface area contributed by atoms with E-state index < -0.39 is 0 Å². The molecule has 0 N–H and O–H groups in total. The molecule has 0 aliphatic carbocycles. The van der Waals surface area contributed by atoms with Crippen molar-refractivity contribution in [1.82, 2.24) is 0 Å². The summed E-state index contributed by atoms with van der Waals surface area (Å²) in [4.78, 5) is 0. The number of hydrogen-bond donors (Lipinski definition) is 0. The van der Waals surface area contributed by atoms with Gasteiger partial charge in [-0.3, -0.25) is 0 Å². The molecule has 54 radical (unpaired) electrons. The van der Waals surface area contributed by atoms with E-state index in [2.05, 4.69) is 5.92 Å². The summed E-state index contributed by atoms with van der Waals surface area (Å²) in [5.74, 6) is 2.51. The van der Waals surface area contributed by atoms with E-state index in [0.29, 0.717) is 0 Å². The van der Waals surface area contributed by atoms with Gasteiger partial charge in [0, 0.05) is 11.0 Å². The third kappa shape index (κ3) is 6.87. The highest BCUT2D eigenvalue weighted by Gasteiger charge is 2.33. The van der Waals surface area contributed by atoms with Gasteiger partial charge in [0.25, 0.3) is 0 Å². The number of hydrogen-bond acceptors (Lipinski definition) is 1. The summed E-state index contributed by atoms with van der Waals surface area (Å²) in [6.07, 6.45) is 6.29. The lowest BCUT2D eigenvalue weighted by molar-refractivity contribution is 0.601. The van der Waals surface area contributed by atoms with Gasteiger partial charge in [0.2, 0.25) is 0 Å². The molecular weight excluding hydrogens is 920 g/mol. The average molecular weight is 924 g/mol. The molecule has 0 aliphatic rings. The van der Waals surface area contributed by atoms with Crippen molar-refractivity contribution in [2.24, 2.45) is 0 Å². The minimum Gasteiger partial charge on any atom is -0.458 e. The zero-order valence-corrected chi connectivity index (χ0v) is 41.8. The molecule has 0 aliphatic heterocycles. The molecule has 11 aromatic rings. The molecule has 1 aromatic heterocycles. The van der Waals surface area contributed by atoms with Gasteiger partial charge >= 0.3 is 0 Å². The van der Waals surface area contributed by atoms with E-state index in [1.807, 2.05) is 0 Å². The molecule has 0 atom stereocenters. The number of allylic oxidation sites excluding steroid dienone is 1. The van der Waals surface area contributed by atoms with Crippen LogP contribution < -0.4 is 137 Å². The first-order chi connectivity index (χ1) is 37.1. The summed E-state index contributed by atoms with van der Waals surface area (Å²) in [6, 6.07) is 0. The molecule has 0 bridgehead atoms. The first-order valence-corrected chi connectivity index (χ1v) is 23.5. The molecule has 11 rings (SSSR count). The van der Waals surface area contributed by atoms with E-state index in [4.69, 9.17) is 223 Å². The Morgan fingerprint density at radius 3 is 0.937 bits per heavy atom. The molecule has 0 fully saturated rings. The maximum absolute atomic E-state index is 7.73. The van der Waals surface area contributed by atoms with Crippen LogP contribution in [0, 0.1) is 12.3 Å². The van der Waals surface area contributed by atoms with Crippen molar-refractivity contribution in [3.8, 4) is 34.6 Å². The molecule has 0 unspecified atom stereocenters. The van der Waals surface area contributed by atoms with Gasteiger partial charge < -0.3 is 4.42 Å². The van der Waals surface area contributed by atoms with Crippen LogP contribution in [-0.2, 0) is 6.32 Å². The van der Waals surface area contributed by atoms with Gasteiger partial charge in [-0.15, -0.1) is 28.3 Å². The van der Waals surface area contributed by atoms with Crippen molar-refractivity contribution in [1.29, 1.82) is 0 Å². The Morgan fingerprint density at radius 1 is 0.291 bits per heavy atom. The van der Waals surface area contributed by atoms with Crippen molar-refractivity contribution in [2.75, 3.05) is 0 Å². The highest BCUT2D eigenvalue weighted by Crippen LogP contribution is 2.40. The van der Waals surface area contributed by atoms with Crippen LogP contribution in [0.3, 0.4) is 0 Å². The van der Waals surface area contributed by atoms with Crippen LogP contribution in [0.25, 0.3) is 109 Å². The zero-order chi connectivity index (χ0) is 57.8. The van der Waals surface area contributed by atoms with Gasteiger partial charge in [-0.1, -0.05) is 127 Å². The summed E-state index contributed by atoms with van der Waals surface area (Å²) < 4.78 is 6.38. The Balaban J connectivity index is 1.43. The van der Waals surface area contributed by atoms with E-state index in [1.165, 1.54) is 0 Å². The maximum Gasteiger partial charge on any atom is 0.126 e. The van der Waals surface area contributed by atoms with Gasteiger partial charge in [-0.2, -0.15) is 0 Å². The van der Waals surface area contributed by atoms with E-state index >= 15 is 0 Å². The second kappa shape index (κ2) is 18.7. The SMILES string of the molecule is [B]Cc1c(/C([B])=C(\C#C)c2c([B])c([B])c(-c3c([B])c([B])c4c([B])c([B])c5c([B])c([B])c([B])c6c([B])c([B])c3c4c56)c([B])c2-c2c([B])c([B])c3c([B])c([B])c4c([B])c([B])c([B])c5c([B])c([B])c2c3c45)oc2c([B])c([B])c([B])c([B])c12. The maximum atomic E-state index is 7.73. The molecule has 0 amide bonds. The monoisotopic (exact) mass is 928 g/mol. The normalized spacial score (nSPS) is 12.4. The van der Waals surface area contributed by atoms with E-state index in [0.717, 1.165) is 0 Å². The second-order valence-electron chi connectivity index (χ2n) is 19.5. The van der Waals surface area contributed by atoms with Crippen LogP contribution in [-0.4, -0.2) is 212 Å². The molecule has 28 heteroatoms. The molecule has 1 heterocycles. The Bertz CT molecular complexity index is 4780. The first kappa shape index (κ1) is 55.8. The van der Waals surface area contributed by atoms with Crippen LogP contribution in [0.15, 0.2) is 4.42 Å². The molecule has 294 valence electrons. The Kier molecular flexibility index (Phi) is 13.2. The minimum absolute atomic E-state index is 0.0125. The standard InChI is InChI=1S/C51H3B27O/c1-2-4(24(53)50-5(3-52)7-27(56)47(76)48(77)49(78)51(7)79-50)6-12(15-13-8-10-19(34(63)28(13)57)41(70)45(74)43(72)21(10)38(67)36(65)17(8)32(61)30(15)59)25(54)23(40(69)26(6)55)16-14-9-11-20(35(64)29(14)58)42(71)46(75)44(73)22(11)39(68)37(66)18(9)33(62)31(16)60/h1H,3H2/b24-4-. The van der Waals surface area contributed by atoms with Gasteiger partial charge in [0.15, 0.2) is 0 Å². The van der Waals surface area contributed by atoms with Gasteiger partial charge in [0.1, 0.15) is 215 Å². The zero-order valence-electron chi connectivity index (χ0n) is 41.8. The number of terminal acetylenes is 1. The van der Waals surface area contributed by atoms with Crippen molar-refractivity contribution < 1.29 is 4.42 Å². The summed E-state index contributed by atoms with van der Waals surface area (Å²) in [6.45, 7) is 0. The highest BCUT2D eigenvalue weighted by molar-refractivity contribution is 6.78. The van der Waals surface area contributed by atoms with Crippen LogP contribution in [0.5, 0.6) is 0 Å². The number of fused-ring (bicyclic) bond motifs is 1. The lowest BCUT2D eigenvalue weighted by Gasteiger charge is -2.34. The summed E-state index contributed by atoms with van der Waals surface area (Å²) in [5.41, 5.74) is -3.68. The fourth-order valence-corrected chi connectivity index (χ4v) is 11.9. The predicted octanol–water partition coefficient (Wildman–Crippen LogP) is -17.3. The van der Waals surface area contributed by atoms with Crippen LogP contribution in [0.2, 0.25) is 0 Å². The van der Waals surface area contributed by atoms with Crippen molar-refractivity contribution in [3.63, 3.8) is 0 Å². The van der Waals surface area contributed by atoms with Gasteiger partial charge in [-0.05, 0) is 103 Å². The molecular formula is C51H3B27O. The Morgan fingerprint density at radius 2 is 0.570 bits per heavy atom. The number of rotatable bonds is 5. The van der Waals surface area contributed by atoms with Gasteiger partial charge in [0.05, 0.1) is 7.85 Å². The van der Waals surface area contributed by atoms with E-state index in [9.17, 15) is 0 Å². The molecule has 10 aromatic carbocycles. The average Bonchev–Trinajstić information content (AvgIpc) is 3.23. The third-order valence-electron chi connectivity index (χ3n) is 15.8. The molecule has 0 saturated heterocycles. The van der Waals surface area contributed by atoms with E-state index in [1.54, 1.807) is 0 Å². The number of furan rings is 1. The summed E-state index contributed by atoms with van der Waals surface area (Å²) in [5, 5.41) is 2.17. The molecule has 0 spiro atoms. The quantitative estimate of drug-likeness (QED) is 0.0952. The molecule has 1 nitrogen and oxygen atoms in total. The highest BCUT2D eigenvalue weighted by atomic mass is 16.3. The van der Waals surface area contributed by atoms with E-state index in [-0.39, 0.29) is 269 Å². The minimum atomic E-state index is -0.325. The van der Waals surface area contributed by atoms with Gasteiger partial charge in [-0.25, -0.2) is 0 Å². The van der Waals surface area contributed by atoms with Crippen molar-refractivity contribution in [3.05, 3.63) is 16.9 Å². The summed E-state index contributed by atoms with van der Waals surface area (Å²) in [7, 11) is 186. The molecule has 79 heavy (non-hydrogen) atoms. The fourth-order valence-electron chi connectivity index (χ4n) is 11.9. The van der Waals surface area contributed by atoms with Crippen LogP contribution in [0.4, 0.5) is 0 Å². The van der Waals surface area contributed by atoms with Crippen LogP contribution in [0.1, 0.15) is 16.9 Å². The van der Waals surface area contributed by atoms with Crippen LogP contribution >= 0.6 is 0 Å². The fraction of sp³-hybridized carbons (Fsp3) is 0.0196.